The van der Waals surface area contributed by atoms with Crippen LogP contribution in [0.3, 0.4) is 0 Å². The van der Waals surface area contributed by atoms with Crippen LogP contribution in [0.5, 0.6) is 0 Å². The third-order valence-electron chi connectivity index (χ3n) is 5.28. The van der Waals surface area contributed by atoms with Gasteiger partial charge in [0.15, 0.2) is 5.82 Å². The Hall–Kier alpha value is -2.84. The number of H-pyrrole nitrogens is 1. The van der Waals surface area contributed by atoms with Gasteiger partial charge in [-0.15, -0.1) is 11.3 Å². The molecule has 1 saturated heterocycles. The van der Waals surface area contributed by atoms with Gasteiger partial charge in [0.1, 0.15) is 16.2 Å². The summed E-state index contributed by atoms with van der Waals surface area (Å²) in [5.74, 6) is 1.56. The highest BCUT2D eigenvalue weighted by Gasteiger charge is 2.43. The van der Waals surface area contributed by atoms with Gasteiger partial charge in [0, 0.05) is 41.1 Å². The van der Waals surface area contributed by atoms with E-state index in [-0.39, 0.29) is 0 Å². The van der Waals surface area contributed by atoms with Crippen LogP contribution in [0.4, 0.5) is 5.82 Å². The van der Waals surface area contributed by atoms with Gasteiger partial charge in [0.05, 0.1) is 18.5 Å². The highest BCUT2D eigenvalue weighted by atomic mass is 32.1. The lowest BCUT2D eigenvalue weighted by Gasteiger charge is -2.47. The van der Waals surface area contributed by atoms with Gasteiger partial charge in [-0.05, 0) is 37.6 Å². The predicted molar refractivity (Wildman–Crippen MR) is 110 cm³/mol. The summed E-state index contributed by atoms with van der Waals surface area (Å²) in [7, 11) is 0. The van der Waals surface area contributed by atoms with E-state index in [4.69, 9.17) is 9.97 Å². The summed E-state index contributed by atoms with van der Waals surface area (Å²) in [4.78, 5) is 18.2. The second-order valence-corrected chi connectivity index (χ2v) is 8.62. The molecule has 0 saturated carbocycles. The van der Waals surface area contributed by atoms with Crippen molar-refractivity contribution in [2.24, 2.45) is 0 Å². The smallest absolute Gasteiger partial charge is 0.164 e. The minimum atomic E-state index is -0.781. The number of aryl methyl sites for hydroxylation is 2. The summed E-state index contributed by atoms with van der Waals surface area (Å²) in [5.41, 5.74) is 2.25. The lowest BCUT2D eigenvalue weighted by atomic mass is 9.88. The number of nitrogens with zero attached hydrogens (tertiary/aromatic N) is 5. The molecule has 8 heteroatoms. The molecule has 1 aliphatic heterocycles. The summed E-state index contributed by atoms with van der Waals surface area (Å²) in [6.07, 6.45) is 5.78. The molecule has 1 fully saturated rings. The topological polar surface area (TPSA) is 90.8 Å². The maximum Gasteiger partial charge on any atom is 0.164 e. The van der Waals surface area contributed by atoms with E-state index in [9.17, 15) is 5.11 Å². The van der Waals surface area contributed by atoms with Gasteiger partial charge in [-0.25, -0.2) is 9.97 Å². The van der Waals surface area contributed by atoms with Crippen molar-refractivity contribution < 1.29 is 5.11 Å². The maximum atomic E-state index is 10.9. The Kier molecular flexibility index (Phi) is 3.92. The van der Waals surface area contributed by atoms with E-state index in [2.05, 4.69) is 33.9 Å². The lowest BCUT2D eigenvalue weighted by molar-refractivity contribution is 0.0113. The van der Waals surface area contributed by atoms with Gasteiger partial charge in [0.25, 0.3) is 0 Å². The normalized spacial score (nSPS) is 15.8. The minimum Gasteiger partial charge on any atom is -0.386 e. The first-order chi connectivity index (χ1) is 13.5. The molecule has 0 amide bonds. The average molecular weight is 392 g/mol. The fraction of sp³-hybridized carbons (Fsp3) is 0.300. The van der Waals surface area contributed by atoms with Crippen LogP contribution < -0.4 is 4.90 Å². The molecule has 0 radical (unpaired) electrons. The first kappa shape index (κ1) is 17.3. The van der Waals surface area contributed by atoms with Crippen molar-refractivity contribution in [3.63, 3.8) is 0 Å². The second kappa shape index (κ2) is 6.35. The Labute approximate surface area is 166 Å². The molecule has 142 valence electrons. The molecule has 0 spiro atoms. The molecular weight excluding hydrogens is 372 g/mol. The standard InChI is InChI=1S/C20H20N6OS/c1-12-13(2)28-19-16(12)18(23-17(24-19)14-4-3-6-21-9-14)26-10-20(27,11-26)8-15-5-7-22-25-15/h3-7,9,27H,8,10-11H2,1-2H3,(H,22,25). The van der Waals surface area contributed by atoms with Gasteiger partial charge in [-0.1, -0.05) is 0 Å². The number of β-amino-alcohol motifs (C(OH)–C–C–N with tert-alkyl or cyclic N) is 1. The fourth-order valence-electron chi connectivity index (χ4n) is 3.74. The number of aromatic amines is 1. The Morgan fingerprint density at radius 3 is 2.79 bits per heavy atom. The Balaban J connectivity index is 1.53. The molecule has 2 N–H and O–H groups in total. The van der Waals surface area contributed by atoms with Crippen LogP contribution in [0, 0.1) is 13.8 Å². The summed E-state index contributed by atoms with van der Waals surface area (Å²) < 4.78 is 0. The van der Waals surface area contributed by atoms with E-state index in [0.29, 0.717) is 25.3 Å². The van der Waals surface area contributed by atoms with Crippen molar-refractivity contribution >= 4 is 27.4 Å². The number of rotatable bonds is 4. The molecule has 7 nitrogen and oxygen atoms in total. The third-order valence-corrected chi connectivity index (χ3v) is 6.38. The lowest BCUT2D eigenvalue weighted by Crippen LogP contribution is -2.63. The molecule has 0 unspecified atom stereocenters. The Morgan fingerprint density at radius 2 is 2.07 bits per heavy atom. The highest BCUT2D eigenvalue weighted by molar-refractivity contribution is 7.18. The molecular formula is C20H20N6OS. The Bertz CT molecular complexity index is 1130. The van der Waals surface area contributed by atoms with Gasteiger partial charge in [0.2, 0.25) is 0 Å². The van der Waals surface area contributed by atoms with Gasteiger partial charge in [-0.2, -0.15) is 5.10 Å². The number of fused-ring (bicyclic) bond motifs is 1. The van der Waals surface area contributed by atoms with Crippen LogP contribution in [-0.2, 0) is 6.42 Å². The molecule has 0 bridgehead atoms. The molecule has 0 aliphatic carbocycles. The van der Waals surface area contributed by atoms with E-state index in [1.54, 1.807) is 29.9 Å². The molecule has 0 aromatic carbocycles. The van der Waals surface area contributed by atoms with E-state index < -0.39 is 5.60 Å². The first-order valence-corrected chi connectivity index (χ1v) is 9.98. The average Bonchev–Trinajstić information content (AvgIpc) is 3.28. The minimum absolute atomic E-state index is 0.527. The summed E-state index contributed by atoms with van der Waals surface area (Å²) in [5, 5.41) is 18.9. The largest absolute Gasteiger partial charge is 0.386 e. The number of nitrogens with one attached hydrogen (secondary N) is 1. The first-order valence-electron chi connectivity index (χ1n) is 9.16. The molecule has 1 aliphatic rings. The molecule has 0 atom stereocenters. The zero-order valence-electron chi connectivity index (χ0n) is 15.7. The second-order valence-electron chi connectivity index (χ2n) is 7.41. The fourth-order valence-corrected chi connectivity index (χ4v) is 4.77. The number of aromatic nitrogens is 5. The molecule has 5 rings (SSSR count). The molecule has 4 aromatic rings. The van der Waals surface area contributed by atoms with Gasteiger partial charge >= 0.3 is 0 Å². The van der Waals surface area contributed by atoms with Gasteiger partial charge < -0.3 is 10.0 Å². The van der Waals surface area contributed by atoms with Crippen molar-refractivity contribution in [3.05, 3.63) is 52.9 Å². The van der Waals surface area contributed by atoms with Crippen LogP contribution in [0.2, 0.25) is 0 Å². The van der Waals surface area contributed by atoms with E-state index in [0.717, 1.165) is 27.3 Å². The van der Waals surface area contributed by atoms with Crippen LogP contribution in [-0.4, -0.2) is 48.9 Å². The molecule has 5 heterocycles. The summed E-state index contributed by atoms with van der Waals surface area (Å²) in [6, 6.07) is 5.76. The quantitative estimate of drug-likeness (QED) is 0.555. The number of thiophene rings is 1. The van der Waals surface area contributed by atoms with Gasteiger partial charge in [-0.3, -0.25) is 10.1 Å². The number of hydrogen-bond acceptors (Lipinski definition) is 7. The third kappa shape index (κ3) is 2.85. The maximum absolute atomic E-state index is 10.9. The number of anilines is 1. The Morgan fingerprint density at radius 1 is 1.21 bits per heavy atom. The van der Waals surface area contributed by atoms with Crippen molar-refractivity contribution in [1.82, 2.24) is 25.1 Å². The summed E-state index contributed by atoms with van der Waals surface area (Å²) >= 11 is 1.68. The van der Waals surface area contributed by atoms with Crippen molar-refractivity contribution in [1.29, 1.82) is 0 Å². The zero-order valence-corrected chi connectivity index (χ0v) is 16.5. The van der Waals surface area contributed by atoms with E-state index >= 15 is 0 Å². The highest BCUT2D eigenvalue weighted by Crippen LogP contribution is 2.39. The number of pyridine rings is 1. The predicted octanol–water partition coefficient (Wildman–Crippen LogP) is 2.89. The van der Waals surface area contributed by atoms with E-state index in [1.165, 1.54) is 10.4 Å². The number of aliphatic hydroxyl groups is 1. The number of hydrogen-bond donors (Lipinski definition) is 2. The van der Waals surface area contributed by atoms with Crippen LogP contribution in [0.15, 0.2) is 36.8 Å². The van der Waals surface area contributed by atoms with Crippen LogP contribution in [0.1, 0.15) is 16.1 Å². The van der Waals surface area contributed by atoms with Crippen molar-refractivity contribution in [2.75, 3.05) is 18.0 Å². The van der Waals surface area contributed by atoms with Crippen molar-refractivity contribution in [3.8, 4) is 11.4 Å². The summed E-state index contributed by atoms with van der Waals surface area (Å²) in [6.45, 7) is 5.28. The monoisotopic (exact) mass is 392 g/mol. The zero-order chi connectivity index (χ0) is 19.3. The molecule has 28 heavy (non-hydrogen) atoms. The van der Waals surface area contributed by atoms with Crippen LogP contribution in [0.25, 0.3) is 21.6 Å². The van der Waals surface area contributed by atoms with Crippen LogP contribution >= 0.6 is 11.3 Å². The SMILES string of the molecule is Cc1sc2nc(-c3cccnc3)nc(N3CC(O)(Cc4ccn[nH]4)C3)c2c1C. The van der Waals surface area contributed by atoms with E-state index in [1.807, 2.05) is 18.2 Å². The van der Waals surface area contributed by atoms with Crippen molar-refractivity contribution in [2.45, 2.75) is 25.9 Å². The molecule has 4 aromatic heterocycles.